The van der Waals surface area contributed by atoms with E-state index in [0.29, 0.717) is 33.8 Å². The predicted octanol–water partition coefficient (Wildman–Crippen LogP) is 3.06. The molecule has 2 aliphatic rings. The predicted molar refractivity (Wildman–Crippen MR) is 132 cm³/mol. The zero-order valence-corrected chi connectivity index (χ0v) is 20.2. The van der Waals surface area contributed by atoms with E-state index in [1.54, 1.807) is 43.3 Å². The maximum absolute atomic E-state index is 13.1. The van der Waals surface area contributed by atoms with Crippen LogP contribution >= 0.6 is 23.5 Å². The van der Waals surface area contributed by atoms with Crippen molar-refractivity contribution in [2.75, 3.05) is 17.7 Å². The Hall–Kier alpha value is -3.58. The largest absolute Gasteiger partial charge is 0.467 e. The van der Waals surface area contributed by atoms with Crippen LogP contribution in [-0.2, 0) is 20.9 Å². The molecule has 1 aromatic heterocycles. The number of hydrogen-bond donors (Lipinski definition) is 2. The third kappa shape index (κ3) is 6.31. The van der Waals surface area contributed by atoms with Gasteiger partial charge in [0, 0.05) is 12.1 Å². The van der Waals surface area contributed by atoms with Crippen molar-refractivity contribution in [2.45, 2.75) is 25.1 Å². The molecule has 2 aromatic rings. The van der Waals surface area contributed by atoms with Gasteiger partial charge in [-0.05, 0) is 43.3 Å². The Balaban J connectivity index is 1.43. The summed E-state index contributed by atoms with van der Waals surface area (Å²) < 4.78 is 10.3. The Kier molecular flexibility index (Phi) is 7.87. The zero-order chi connectivity index (χ0) is 24.8. The van der Waals surface area contributed by atoms with Crippen molar-refractivity contribution in [1.82, 2.24) is 10.2 Å². The number of hydrogen-bond acceptors (Lipinski definition) is 10. The zero-order valence-electron chi connectivity index (χ0n) is 18.6. The summed E-state index contributed by atoms with van der Waals surface area (Å²) >= 11 is 2.20. The molecule has 3 heterocycles. The molecule has 2 saturated heterocycles. The Labute approximate surface area is 208 Å². The van der Waals surface area contributed by atoms with Crippen molar-refractivity contribution in [1.29, 1.82) is 0 Å². The van der Waals surface area contributed by atoms with Crippen molar-refractivity contribution in [3.8, 4) is 0 Å². The summed E-state index contributed by atoms with van der Waals surface area (Å²) in [5.74, 6) is 0.198. The molecule has 1 aromatic carbocycles. The van der Waals surface area contributed by atoms with Crippen LogP contribution in [0.3, 0.4) is 0 Å². The first-order valence-electron chi connectivity index (χ1n) is 10.6. The van der Waals surface area contributed by atoms with Gasteiger partial charge < -0.3 is 19.8 Å². The lowest BCUT2D eigenvalue weighted by Crippen LogP contribution is -2.33. The van der Waals surface area contributed by atoms with Crippen LogP contribution in [0.1, 0.15) is 29.5 Å². The third-order valence-electron chi connectivity index (χ3n) is 4.81. The van der Waals surface area contributed by atoms with Gasteiger partial charge >= 0.3 is 5.97 Å². The topological polar surface area (TPSA) is 143 Å². The molecule has 2 N–H and O–H groups in total. The minimum absolute atomic E-state index is 0.0973. The molecule has 11 nitrogen and oxygen atoms in total. The molecule has 0 spiro atoms. The second-order valence-corrected chi connectivity index (χ2v) is 9.41. The van der Waals surface area contributed by atoms with Crippen molar-refractivity contribution in [3.63, 3.8) is 0 Å². The van der Waals surface area contributed by atoms with E-state index in [2.05, 4.69) is 20.8 Å². The van der Waals surface area contributed by atoms with Gasteiger partial charge in [0.1, 0.15) is 16.8 Å². The lowest BCUT2D eigenvalue weighted by atomic mass is 10.2. The molecule has 35 heavy (non-hydrogen) atoms. The summed E-state index contributed by atoms with van der Waals surface area (Å²) in [5.41, 5.74) is 0.861. The highest BCUT2D eigenvalue weighted by molar-refractivity contribution is 8.15. The number of amides is 3. The summed E-state index contributed by atoms with van der Waals surface area (Å²) in [5, 5.41) is 12.9. The van der Waals surface area contributed by atoms with Crippen LogP contribution in [0.4, 0.5) is 10.5 Å². The highest BCUT2D eigenvalue weighted by Crippen LogP contribution is 2.31. The average Bonchev–Trinajstić information content (AvgIpc) is 3.57. The van der Waals surface area contributed by atoms with Crippen LogP contribution in [0.2, 0.25) is 0 Å². The van der Waals surface area contributed by atoms with E-state index in [-0.39, 0.29) is 36.6 Å². The lowest BCUT2D eigenvalue weighted by molar-refractivity contribution is -0.128. The quantitative estimate of drug-likeness (QED) is 0.403. The molecule has 1 atom stereocenters. The molecule has 0 bridgehead atoms. The lowest BCUT2D eigenvalue weighted by Gasteiger charge is -2.14. The Bertz CT molecular complexity index is 1180. The fourth-order valence-electron chi connectivity index (χ4n) is 3.19. The van der Waals surface area contributed by atoms with Crippen molar-refractivity contribution < 1.29 is 28.3 Å². The van der Waals surface area contributed by atoms with E-state index in [4.69, 9.17) is 9.15 Å². The van der Waals surface area contributed by atoms with Gasteiger partial charge in [-0.1, -0.05) is 23.5 Å². The minimum Gasteiger partial charge on any atom is -0.467 e. The van der Waals surface area contributed by atoms with E-state index >= 15 is 0 Å². The molecule has 0 saturated carbocycles. The minimum atomic E-state index is -0.713. The second kappa shape index (κ2) is 11.2. The van der Waals surface area contributed by atoms with Crippen LogP contribution in [0.25, 0.3) is 0 Å². The van der Waals surface area contributed by atoms with Crippen LogP contribution < -0.4 is 10.6 Å². The van der Waals surface area contributed by atoms with Gasteiger partial charge in [0.2, 0.25) is 11.8 Å². The fraction of sp³-hybridized carbons (Fsp3) is 0.273. The molecule has 0 aliphatic carbocycles. The monoisotopic (exact) mass is 515 g/mol. The first-order chi connectivity index (χ1) is 16.9. The number of ether oxygens (including phenoxy) is 1. The summed E-state index contributed by atoms with van der Waals surface area (Å²) in [4.78, 5) is 50.3. The van der Waals surface area contributed by atoms with Gasteiger partial charge in [-0.3, -0.25) is 19.3 Å². The number of carbonyl (C=O) groups is 4. The number of thioether (sulfide) groups is 2. The average molecular weight is 516 g/mol. The van der Waals surface area contributed by atoms with Gasteiger partial charge in [-0.2, -0.15) is 0 Å². The number of benzene rings is 1. The van der Waals surface area contributed by atoms with E-state index in [9.17, 15) is 19.2 Å². The second-order valence-electron chi connectivity index (χ2n) is 7.29. The van der Waals surface area contributed by atoms with Crippen molar-refractivity contribution in [3.05, 3.63) is 54.0 Å². The van der Waals surface area contributed by atoms with Gasteiger partial charge in [-0.15, -0.1) is 10.2 Å². The molecule has 2 aliphatic heterocycles. The Morgan fingerprint density at radius 2 is 2.03 bits per heavy atom. The number of esters is 1. The van der Waals surface area contributed by atoms with E-state index in [0.717, 1.165) is 23.5 Å². The summed E-state index contributed by atoms with van der Waals surface area (Å²) in [6.07, 6.45) is 1.41. The summed E-state index contributed by atoms with van der Waals surface area (Å²) in [6.45, 7) is 2.13. The van der Waals surface area contributed by atoms with Gasteiger partial charge in [-0.25, -0.2) is 4.79 Å². The number of rotatable bonds is 8. The molecule has 182 valence electrons. The van der Waals surface area contributed by atoms with Gasteiger partial charge in [0.05, 0.1) is 30.7 Å². The SMILES string of the molecule is CCOC(=O)c1ccc(NC(=O)CC2S/C(=N\N=C3\CSC(=O)N3)N(Cc3ccco3)C2=O)cc1. The van der Waals surface area contributed by atoms with Crippen LogP contribution in [0.15, 0.2) is 57.3 Å². The number of furan rings is 1. The number of anilines is 1. The van der Waals surface area contributed by atoms with Gasteiger partial charge in [0.15, 0.2) is 5.17 Å². The van der Waals surface area contributed by atoms with Crippen LogP contribution in [0.5, 0.6) is 0 Å². The molecule has 0 radical (unpaired) electrons. The Morgan fingerprint density at radius 3 is 2.69 bits per heavy atom. The smallest absolute Gasteiger partial charge is 0.338 e. The van der Waals surface area contributed by atoms with Crippen molar-refractivity contribution in [2.24, 2.45) is 10.2 Å². The number of carbonyl (C=O) groups excluding carboxylic acids is 4. The first-order valence-corrected chi connectivity index (χ1v) is 12.4. The summed E-state index contributed by atoms with van der Waals surface area (Å²) in [6, 6.07) is 9.73. The maximum atomic E-state index is 13.1. The van der Waals surface area contributed by atoms with E-state index in [1.165, 1.54) is 11.2 Å². The molecule has 4 rings (SSSR count). The number of nitrogens with zero attached hydrogens (tertiary/aromatic N) is 3. The molecule has 2 fully saturated rings. The normalized spacial score (nSPS) is 19.9. The highest BCUT2D eigenvalue weighted by atomic mass is 32.2. The van der Waals surface area contributed by atoms with E-state index < -0.39 is 11.2 Å². The third-order valence-corrected chi connectivity index (χ3v) is 6.75. The Morgan fingerprint density at radius 1 is 1.23 bits per heavy atom. The maximum Gasteiger partial charge on any atom is 0.338 e. The fourth-order valence-corrected chi connectivity index (χ4v) is 4.86. The molecule has 3 amide bonds. The van der Waals surface area contributed by atoms with Crippen molar-refractivity contribution >= 4 is 63.2 Å². The standard InChI is InChI=1S/C22H21N5O6S2/c1-2-32-20(30)13-5-7-14(8-6-13)23-18(28)10-16-19(29)27(11-15-4-3-9-33-15)21(35-16)26-25-17-12-34-22(31)24-17/h3-9,16H,2,10-12H2,1H3,(H,23,28)(H,24,25,31)/b26-21-. The molecular weight excluding hydrogens is 494 g/mol. The van der Waals surface area contributed by atoms with E-state index in [1.807, 2.05) is 0 Å². The first kappa shape index (κ1) is 24.5. The van der Waals surface area contributed by atoms with Crippen LogP contribution in [-0.4, -0.2) is 56.5 Å². The van der Waals surface area contributed by atoms with Gasteiger partial charge in [0.25, 0.3) is 5.24 Å². The number of amidine groups is 2. The molecular formula is C22H21N5O6S2. The van der Waals surface area contributed by atoms with Crippen LogP contribution in [0, 0.1) is 0 Å². The molecule has 13 heteroatoms. The molecule has 1 unspecified atom stereocenters. The summed E-state index contributed by atoms with van der Waals surface area (Å²) in [7, 11) is 0. The number of nitrogens with one attached hydrogen (secondary N) is 2. The highest BCUT2D eigenvalue weighted by Gasteiger charge is 2.40.